The van der Waals surface area contributed by atoms with Crippen LogP contribution in [0.25, 0.3) is 0 Å². The molecule has 0 saturated carbocycles. The second-order valence-electron chi connectivity index (χ2n) is 4.70. The predicted molar refractivity (Wildman–Crippen MR) is 79.4 cm³/mol. The van der Waals surface area contributed by atoms with E-state index in [1.54, 1.807) is 0 Å². The van der Waals surface area contributed by atoms with E-state index in [-0.39, 0.29) is 0 Å². The topological polar surface area (TPSA) is 21.3 Å². The summed E-state index contributed by atoms with van der Waals surface area (Å²) < 4.78 is 5.44. The maximum atomic E-state index is 5.44. The fraction of sp³-hybridized carbons (Fsp3) is 0.600. The molecular formula is C15H23NOS. The molecule has 18 heavy (non-hydrogen) atoms. The summed E-state index contributed by atoms with van der Waals surface area (Å²) in [6.45, 7) is 4.84. The molecule has 100 valence electrons. The zero-order valence-electron chi connectivity index (χ0n) is 11.2. The molecule has 1 aromatic carbocycles. The molecule has 1 heterocycles. The molecule has 1 atom stereocenters. The van der Waals surface area contributed by atoms with Crippen LogP contribution in [0.3, 0.4) is 0 Å². The summed E-state index contributed by atoms with van der Waals surface area (Å²) in [6.07, 6.45) is 4.18. The van der Waals surface area contributed by atoms with Crippen LogP contribution in [0, 0.1) is 0 Å². The average Bonchev–Trinajstić information content (AvgIpc) is 2.42. The summed E-state index contributed by atoms with van der Waals surface area (Å²) in [5.41, 5.74) is 1.33. The lowest BCUT2D eigenvalue weighted by Gasteiger charge is -2.21. The second-order valence-corrected chi connectivity index (χ2v) is 6.10. The highest BCUT2D eigenvalue weighted by Crippen LogP contribution is 2.24. The highest BCUT2D eigenvalue weighted by Gasteiger charge is 2.12. The van der Waals surface area contributed by atoms with Crippen molar-refractivity contribution in [2.75, 3.05) is 18.9 Å². The number of ether oxygens (including phenoxy) is 1. The van der Waals surface area contributed by atoms with Crippen molar-refractivity contribution in [3.8, 4) is 5.75 Å². The third-order valence-corrected chi connectivity index (χ3v) is 4.61. The second kappa shape index (κ2) is 7.70. The fourth-order valence-electron chi connectivity index (χ4n) is 2.22. The Labute approximate surface area is 114 Å². The van der Waals surface area contributed by atoms with Gasteiger partial charge in [0.25, 0.3) is 0 Å². The monoisotopic (exact) mass is 265 g/mol. The molecule has 2 rings (SSSR count). The van der Waals surface area contributed by atoms with Crippen LogP contribution >= 0.6 is 11.8 Å². The van der Waals surface area contributed by atoms with Crippen LogP contribution < -0.4 is 10.1 Å². The lowest BCUT2D eigenvalue weighted by molar-refractivity contribution is 0.340. The minimum Gasteiger partial charge on any atom is -0.494 e. The van der Waals surface area contributed by atoms with Gasteiger partial charge in [0.2, 0.25) is 0 Å². The van der Waals surface area contributed by atoms with Crippen molar-refractivity contribution < 1.29 is 4.74 Å². The predicted octanol–water partition coefficient (Wildman–Crippen LogP) is 3.46. The first-order valence-corrected chi connectivity index (χ1v) is 7.97. The van der Waals surface area contributed by atoms with Gasteiger partial charge in [0, 0.05) is 18.3 Å². The van der Waals surface area contributed by atoms with E-state index in [1.165, 1.54) is 30.6 Å². The molecule has 0 aromatic heterocycles. The summed E-state index contributed by atoms with van der Waals surface area (Å²) in [5, 5.41) is 4.38. The Hall–Kier alpha value is -0.670. The Morgan fingerprint density at radius 3 is 2.78 bits per heavy atom. The van der Waals surface area contributed by atoms with Crippen molar-refractivity contribution in [1.29, 1.82) is 0 Å². The molecule has 0 amide bonds. The zero-order chi connectivity index (χ0) is 12.6. The molecule has 1 unspecified atom stereocenters. The first-order valence-electron chi connectivity index (χ1n) is 6.92. The van der Waals surface area contributed by atoms with Crippen molar-refractivity contribution in [2.24, 2.45) is 0 Å². The molecule has 0 bridgehead atoms. The fourth-order valence-corrected chi connectivity index (χ4v) is 3.49. The Bertz CT molecular complexity index is 333. The van der Waals surface area contributed by atoms with Crippen LogP contribution in [0.1, 0.15) is 31.7 Å². The first kappa shape index (κ1) is 13.8. The minimum absolute atomic E-state index is 0.733. The Morgan fingerprint density at radius 1 is 1.28 bits per heavy atom. The van der Waals surface area contributed by atoms with Gasteiger partial charge < -0.3 is 10.1 Å². The highest BCUT2D eigenvalue weighted by molar-refractivity contribution is 7.99. The third-order valence-electron chi connectivity index (χ3n) is 3.21. The van der Waals surface area contributed by atoms with Gasteiger partial charge >= 0.3 is 0 Å². The van der Waals surface area contributed by atoms with Crippen LogP contribution in [-0.2, 0) is 6.54 Å². The molecule has 1 aliphatic rings. The first-order chi connectivity index (χ1) is 8.88. The van der Waals surface area contributed by atoms with Crippen LogP contribution in [0.4, 0.5) is 0 Å². The van der Waals surface area contributed by atoms with Crippen LogP contribution in [0.5, 0.6) is 5.75 Å². The molecule has 1 N–H and O–H groups in total. The van der Waals surface area contributed by atoms with Gasteiger partial charge in [-0.05, 0) is 43.2 Å². The van der Waals surface area contributed by atoms with E-state index in [2.05, 4.69) is 41.3 Å². The van der Waals surface area contributed by atoms with Gasteiger partial charge in [-0.15, -0.1) is 0 Å². The Morgan fingerprint density at radius 2 is 2.11 bits per heavy atom. The number of benzene rings is 1. The summed E-state index contributed by atoms with van der Waals surface area (Å²) in [4.78, 5) is 0. The quantitative estimate of drug-likeness (QED) is 0.851. The zero-order valence-corrected chi connectivity index (χ0v) is 12.0. The van der Waals surface area contributed by atoms with Crippen molar-refractivity contribution >= 4 is 11.8 Å². The van der Waals surface area contributed by atoms with Crippen LogP contribution in [0.2, 0.25) is 0 Å². The van der Waals surface area contributed by atoms with Gasteiger partial charge in [-0.25, -0.2) is 0 Å². The molecule has 0 aliphatic carbocycles. The van der Waals surface area contributed by atoms with E-state index in [9.17, 15) is 0 Å². The van der Waals surface area contributed by atoms with Gasteiger partial charge in [-0.1, -0.05) is 18.6 Å². The minimum atomic E-state index is 0.733. The number of rotatable bonds is 6. The lowest BCUT2D eigenvalue weighted by atomic mass is 10.2. The van der Waals surface area contributed by atoms with Gasteiger partial charge in [0.1, 0.15) is 5.75 Å². The van der Waals surface area contributed by atoms with Gasteiger partial charge in [0.15, 0.2) is 0 Å². The van der Waals surface area contributed by atoms with Crippen molar-refractivity contribution in [3.63, 3.8) is 0 Å². The van der Waals surface area contributed by atoms with Crippen LogP contribution in [-0.4, -0.2) is 24.2 Å². The normalized spacial score (nSPS) is 19.7. The molecule has 2 nitrogen and oxygen atoms in total. The lowest BCUT2D eigenvalue weighted by Crippen LogP contribution is -2.26. The molecule has 3 heteroatoms. The highest BCUT2D eigenvalue weighted by atomic mass is 32.2. The van der Waals surface area contributed by atoms with Crippen molar-refractivity contribution in [1.82, 2.24) is 5.32 Å². The molecule has 1 aromatic rings. The molecular weight excluding hydrogens is 242 g/mol. The average molecular weight is 265 g/mol. The standard InChI is InChI=1S/C15H23NOS/c1-2-17-14-8-6-13(7-9-14)11-16-12-15-5-3-4-10-18-15/h6-9,15-16H,2-5,10-12H2,1H3. The summed E-state index contributed by atoms with van der Waals surface area (Å²) >= 11 is 2.12. The van der Waals surface area contributed by atoms with Crippen molar-refractivity contribution in [3.05, 3.63) is 29.8 Å². The SMILES string of the molecule is CCOc1ccc(CNCC2CCCCS2)cc1. The smallest absolute Gasteiger partial charge is 0.119 e. The van der Waals surface area contributed by atoms with Gasteiger partial charge in [0.05, 0.1) is 6.61 Å². The molecule has 0 radical (unpaired) electrons. The molecule has 1 saturated heterocycles. The van der Waals surface area contributed by atoms with Crippen molar-refractivity contribution in [2.45, 2.75) is 38.0 Å². The summed E-state index contributed by atoms with van der Waals surface area (Å²) in [5.74, 6) is 2.30. The van der Waals surface area contributed by atoms with E-state index in [1.807, 2.05) is 6.92 Å². The number of nitrogens with one attached hydrogen (secondary N) is 1. The Balaban J connectivity index is 1.69. The van der Waals surface area contributed by atoms with E-state index in [4.69, 9.17) is 4.74 Å². The van der Waals surface area contributed by atoms with Crippen LogP contribution in [0.15, 0.2) is 24.3 Å². The third kappa shape index (κ3) is 4.54. The summed E-state index contributed by atoms with van der Waals surface area (Å²) in [6, 6.07) is 8.39. The Kier molecular flexibility index (Phi) is 5.88. The maximum absolute atomic E-state index is 5.44. The number of hydrogen-bond acceptors (Lipinski definition) is 3. The van der Waals surface area contributed by atoms with Gasteiger partial charge in [-0.3, -0.25) is 0 Å². The number of thioether (sulfide) groups is 1. The summed E-state index contributed by atoms with van der Waals surface area (Å²) in [7, 11) is 0. The van der Waals surface area contributed by atoms with E-state index in [0.717, 1.165) is 30.7 Å². The van der Waals surface area contributed by atoms with E-state index < -0.39 is 0 Å². The number of hydrogen-bond donors (Lipinski definition) is 1. The molecule has 1 fully saturated rings. The van der Waals surface area contributed by atoms with E-state index in [0.29, 0.717) is 0 Å². The molecule has 1 aliphatic heterocycles. The van der Waals surface area contributed by atoms with Gasteiger partial charge in [-0.2, -0.15) is 11.8 Å². The molecule has 0 spiro atoms. The van der Waals surface area contributed by atoms with E-state index >= 15 is 0 Å². The maximum Gasteiger partial charge on any atom is 0.119 e. The largest absolute Gasteiger partial charge is 0.494 e.